The summed E-state index contributed by atoms with van der Waals surface area (Å²) >= 11 is 0. The van der Waals surface area contributed by atoms with Gasteiger partial charge in [0.1, 0.15) is 0 Å². The lowest BCUT2D eigenvalue weighted by Crippen LogP contribution is -2.31. The summed E-state index contributed by atoms with van der Waals surface area (Å²) in [7, 11) is 0. The molecule has 4 nitrogen and oxygen atoms in total. The van der Waals surface area contributed by atoms with Gasteiger partial charge in [-0.3, -0.25) is 9.59 Å². The van der Waals surface area contributed by atoms with Crippen molar-refractivity contribution in [2.24, 2.45) is 0 Å². The Bertz CT molecular complexity index is 1070. The highest BCUT2D eigenvalue weighted by molar-refractivity contribution is 5.96. The summed E-state index contributed by atoms with van der Waals surface area (Å²) in [6.07, 6.45) is 3.54. The van der Waals surface area contributed by atoms with Crippen molar-refractivity contribution >= 4 is 11.7 Å². The molecule has 1 aliphatic rings. The Morgan fingerprint density at radius 1 is 1.07 bits per heavy atom. The second-order valence-electron chi connectivity index (χ2n) is 8.06. The Morgan fingerprint density at radius 2 is 1.80 bits per heavy atom. The van der Waals surface area contributed by atoms with Crippen LogP contribution < -0.4 is 5.32 Å². The van der Waals surface area contributed by atoms with Gasteiger partial charge in [0.2, 0.25) is 5.91 Å². The van der Waals surface area contributed by atoms with E-state index in [0.717, 1.165) is 41.8 Å². The number of benzene rings is 2. The van der Waals surface area contributed by atoms with Crippen LogP contribution >= 0.6 is 0 Å². The first kappa shape index (κ1) is 20.1. The fourth-order valence-electron chi connectivity index (χ4n) is 4.52. The third kappa shape index (κ3) is 4.09. The maximum atomic E-state index is 12.8. The summed E-state index contributed by atoms with van der Waals surface area (Å²) in [5, 5.41) is 3.23. The van der Waals surface area contributed by atoms with Crippen molar-refractivity contribution in [2.45, 2.75) is 52.1 Å². The zero-order chi connectivity index (χ0) is 21.1. The van der Waals surface area contributed by atoms with Crippen molar-refractivity contribution in [3.05, 3.63) is 83.0 Å². The predicted molar refractivity (Wildman–Crippen MR) is 119 cm³/mol. The molecule has 0 unspecified atom stereocenters. The van der Waals surface area contributed by atoms with Gasteiger partial charge in [0.15, 0.2) is 5.78 Å². The SMILES string of the molecule is CC(=O)c1cc(-c2ccccc2)n(CCC(=O)N[C@H]2CCCc3ccccc32)c1C. The molecule has 30 heavy (non-hydrogen) atoms. The molecule has 0 spiro atoms. The molecule has 1 N–H and O–H groups in total. The van der Waals surface area contributed by atoms with Gasteiger partial charge in [-0.1, -0.05) is 54.6 Å². The molecule has 0 fully saturated rings. The van der Waals surface area contributed by atoms with Gasteiger partial charge in [-0.2, -0.15) is 0 Å². The number of rotatable bonds is 6. The van der Waals surface area contributed by atoms with Gasteiger partial charge in [0.05, 0.1) is 6.04 Å². The van der Waals surface area contributed by atoms with Crippen molar-refractivity contribution in [3.63, 3.8) is 0 Å². The molecule has 154 valence electrons. The number of fused-ring (bicyclic) bond motifs is 1. The van der Waals surface area contributed by atoms with Gasteiger partial charge in [-0.15, -0.1) is 0 Å². The molecule has 4 heteroatoms. The van der Waals surface area contributed by atoms with E-state index in [1.807, 2.05) is 49.4 Å². The first-order valence-electron chi connectivity index (χ1n) is 10.7. The second kappa shape index (κ2) is 8.70. The molecule has 0 saturated heterocycles. The smallest absolute Gasteiger partial charge is 0.222 e. The highest BCUT2D eigenvalue weighted by atomic mass is 16.1. The first-order chi connectivity index (χ1) is 14.5. The van der Waals surface area contributed by atoms with E-state index in [4.69, 9.17) is 0 Å². The largest absolute Gasteiger partial charge is 0.349 e. The lowest BCUT2D eigenvalue weighted by Gasteiger charge is -2.26. The predicted octanol–water partition coefficient (Wildman–Crippen LogP) is 5.25. The van der Waals surface area contributed by atoms with Crippen molar-refractivity contribution < 1.29 is 9.59 Å². The third-order valence-corrected chi connectivity index (χ3v) is 6.08. The number of Topliss-reactive ketones (excluding diaryl/α,β-unsaturated/α-hetero) is 1. The van der Waals surface area contributed by atoms with Crippen LogP contribution in [-0.2, 0) is 17.8 Å². The minimum Gasteiger partial charge on any atom is -0.349 e. The van der Waals surface area contributed by atoms with E-state index in [1.54, 1.807) is 6.92 Å². The van der Waals surface area contributed by atoms with E-state index in [0.29, 0.717) is 13.0 Å². The van der Waals surface area contributed by atoms with Crippen molar-refractivity contribution in [2.75, 3.05) is 0 Å². The van der Waals surface area contributed by atoms with Crippen molar-refractivity contribution in [1.82, 2.24) is 9.88 Å². The molecular formula is C26H28N2O2. The fraction of sp³-hybridized carbons (Fsp3) is 0.308. The van der Waals surface area contributed by atoms with Crippen LogP contribution in [0.2, 0.25) is 0 Å². The normalized spacial score (nSPS) is 15.5. The second-order valence-corrected chi connectivity index (χ2v) is 8.06. The Hall–Kier alpha value is -3.14. The number of ketones is 1. The van der Waals surface area contributed by atoms with Crippen LogP contribution in [0.5, 0.6) is 0 Å². The maximum Gasteiger partial charge on any atom is 0.222 e. The van der Waals surface area contributed by atoms with Crippen molar-refractivity contribution in [3.8, 4) is 11.3 Å². The quantitative estimate of drug-likeness (QED) is 0.575. The first-order valence-corrected chi connectivity index (χ1v) is 10.7. The van der Waals surface area contributed by atoms with E-state index in [-0.39, 0.29) is 17.7 Å². The highest BCUT2D eigenvalue weighted by Crippen LogP contribution is 2.30. The van der Waals surface area contributed by atoms with E-state index in [9.17, 15) is 9.59 Å². The third-order valence-electron chi connectivity index (χ3n) is 6.08. The highest BCUT2D eigenvalue weighted by Gasteiger charge is 2.22. The average Bonchev–Trinajstić information content (AvgIpc) is 3.10. The zero-order valence-electron chi connectivity index (χ0n) is 17.7. The Kier molecular flexibility index (Phi) is 5.84. The van der Waals surface area contributed by atoms with Gasteiger partial charge in [0, 0.05) is 29.9 Å². The summed E-state index contributed by atoms with van der Waals surface area (Å²) in [6, 6.07) is 20.5. The molecule has 4 rings (SSSR count). The van der Waals surface area contributed by atoms with Gasteiger partial charge in [-0.05, 0) is 55.9 Å². The number of carbonyl (C=O) groups is 2. The molecule has 1 heterocycles. The van der Waals surface area contributed by atoms with Gasteiger partial charge in [-0.25, -0.2) is 0 Å². The number of amides is 1. The molecule has 1 aromatic heterocycles. The van der Waals surface area contributed by atoms with Crippen LogP contribution in [0.25, 0.3) is 11.3 Å². The van der Waals surface area contributed by atoms with E-state index < -0.39 is 0 Å². The van der Waals surface area contributed by atoms with Crippen LogP contribution in [0.15, 0.2) is 60.7 Å². The van der Waals surface area contributed by atoms with E-state index >= 15 is 0 Å². The molecule has 0 saturated carbocycles. The Balaban J connectivity index is 1.51. The summed E-state index contributed by atoms with van der Waals surface area (Å²) in [5.41, 5.74) is 6.25. The molecular weight excluding hydrogens is 372 g/mol. The average molecular weight is 401 g/mol. The van der Waals surface area contributed by atoms with Crippen LogP contribution in [0.1, 0.15) is 59.4 Å². The standard InChI is InChI=1S/C26H28N2O2/c1-18-23(19(2)29)17-25(21-10-4-3-5-11-21)28(18)16-15-26(30)27-24-14-8-12-20-9-6-7-13-22(20)24/h3-7,9-11,13,17,24H,8,12,14-16H2,1-2H3,(H,27,30)/t24-/m0/s1. The van der Waals surface area contributed by atoms with E-state index in [2.05, 4.69) is 28.1 Å². The summed E-state index contributed by atoms with van der Waals surface area (Å²) < 4.78 is 2.10. The number of nitrogens with one attached hydrogen (secondary N) is 1. The minimum absolute atomic E-state index is 0.0479. The molecule has 0 radical (unpaired) electrons. The van der Waals surface area contributed by atoms with Crippen LogP contribution in [0.4, 0.5) is 0 Å². The van der Waals surface area contributed by atoms with Crippen molar-refractivity contribution in [1.29, 1.82) is 0 Å². The molecule has 2 aromatic carbocycles. The van der Waals surface area contributed by atoms with Gasteiger partial charge < -0.3 is 9.88 Å². The summed E-state index contributed by atoms with van der Waals surface area (Å²) in [6.45, 7) is 4.09. The number of aromatic nitrogens is 1. The summed E-state index contributed by atoms with van der Waals surface area (Å²) in [5.74, 6) is 0.0971. The van der Waals surface area contributed by atoms with Crippen LogP contribution in [0, 0.1) is 6.92 Å². The van der Waals surface area contributed by atoms with Crippen LogP contribution in [0.3, 0.4) is 0 Å². The zero-order valence-corrected chi connectivity index (χ0v) is 17.7. The summed E-state index contributed by atoms with van der Waals surface area (Å²) in [4.78, 5) is 24.9. The molecule has 0 bridgehead atoms. The molecule has 1 amide bonds. The van der Waals surface area contributed by atoms with E-state index in [1.165, 1.54) is 11.1 Å². The minimum atomic E-state index is 0.0479. The Morgan fingerprint density at radius 3 is 2.57 bits per heavy atom. The fourth-order valence-corrected chi connectivity index (χ4v) is 4.52. The Labute approximate surface area is 177 Å². The molecule has 1 aliphatic carbocycles. The molecule has 1 atom stereocenters. The van der Waals surface area contributed by atoms with Gasteiger partial charge >= 0.3 is 0 Å². The number of hydrogen-bond acceptors (Lipinski definition) is 2. The number of nitrogens with zero attached hydrogens (tertiary/aromatic N) is 1. The molecule has 3 aromatic rings. The molecule has 0 aliphatic heterocycles. The maximum absolute atomic E-state index is 12.8. The van der Waals surface area contributed by atoms with Crippen LogP contribution in [-0.4, -0.2) is 16.3 Å². The monoisotopic (exact) mass is 400 g/mol. The number of aryl methyl sites for hydroxylation is 1. The number of carbonyl (C=O) groups excluding carboxylic acids is 2. The lowest BCUT2D eigenvalue weighted by atomic mass is 9.87. The number of hydrogen-bond donors (Lipinski definition) is 1. The topological polar surface area (TPSA) is 51.1 Å². The van der Waals surface area contributed by atoms with Gasteiger partial charge in [0.25, 0.3) is 0 Å². The lowest BCUT2D eigenvalue weighted by molar-refractivity contribution is -0.122.